The Morgan fingerprint density at radius 1 is 0.559 bits per heavy atom. The first-order valence-electron chi connectivity index (χ1n) is 12.8. The highest BCUT2D eigenvalue weighted by Gasteiger charge is 2.29. The second-order valence-electron chi connectivity index (χ2n) is 9.67. The quantitative estimate of drug-likeness (QED) is 0.490. The number of hydrogen-bond donors (Lipinski definition) is 0. The van der Waals surface area contributed by atoms with E-state index in [1.807, 2.05) is 24.6 Å². The van der Waals surface area contributed by atoms with Crippen molar-refractivity contribution in [2.24, 2.45) is 9.98 Å². The fourth-order valence-corrected chi connectivity index (χ4v) is 5.54. The molecule has 0 spiro atoms. The van der Waals surface area contributed by atoms with Crippen LogP contribution < -0.4 is 18.9 Å². The molecule has 2 fully saturated rings. The third-order valence-electron chi connectivity index (χ3n) is 7.39. The van der Waals surface area contributed by atoms with Gasteiger partial charge >= 0.3 is 0 Å². The third kappa shape index (κ3) is 4.26. The highest BCUT2D eigenvalue weighted by Crippen LogP contribution is 2.51. The summed E-state index contributed by atoms with van der Waals surface area (Å²) < 4.78 is 23.5. The van der Waals surface area contributed by atoms with Gasteiger partial charge in [-0.2, -0.15) is 0 Å². The van der Waals surface area contributed by atoms with Gasteiger partial charge in [0, 0.05) is 46.8 Å². The van der Waals surface area contributed by atoms with Crippen molar-refractivity contribution in [1.82, 2.24) is 0 Å². The molecule has 2 saturated carbocycles. The number of aliphatic imine (C=N–C) groups is 2. The molecule has 0 unspecified atom stereocenters. The molecule has 2 aromatic rings. The van der Waals surface area contributed by atoms with Crippen LogP contribution in [0.5, 0.6) is 23.0 Å². The van der Waals surface area contributed by atoms with Crippen LogP contribution in [-0.4, -0.2) is 38.1 Å². The van der Waals surface area contributed by atoms with Crippen LogP contribution in [0.25, 0.3) is 11.1 Å². The van der Waals surface area contributed by atoms with Gasteiger partial charge in [-0.3, -0.25) is 9.98 Å². The molecule has 0 N–H and O–H groups in total. The van der Waals surface area contributed by atoms with Crippen LogP contribution in [0.2, 0.25) is 0 Å². The Bertz CT molecular complexity index is 1010. The van der Waals surface area contributed by atoms with E-state index in [1.54, 1.807) is 0 Å². The number of benzene rings is 2. The largest absolute Gasteiger partial charge is 0.454 e. The molecule has 2 aliphatic carbocycles. The molecule has 0 radical (unpaired) electrons. The third-order valence-corrected chi connectivity index (χ3v) is 7.39. The molecule has 6 heteroatoms. The molecule has 178 valence electrons. The summed E-state index contributed by atoms with van der Waals surface area (Å²) in [6.45, 7) is 0.423. The van der Waals surface area contributed by atoms with Gasteiger partial charge in [-0.15, -0.1) is 0 Å². The van der Waals surface area contributed by atoms with E-state index < -0.39 is 0 Å². The lowest BCUT2D eigenvalue weighted by molar-refractivity contribution is 0.173. The Morgan fingerprint density at radius 3 is 1.44 bits per heavy atom. The maximum Gasteiger partial charge on any atom is 0.231 e. The van der Waals surface area contributed by atoms with Crippen molar-refractivity contribution in [2.75, 3.05) is 13.6 Å². The molecule has 0 aromatic heterocycles. The molecular weight excluding hydrogens is 428 g/mol. The number of fused-ring (bicyclic) bond motifs is 2. The monoisotopic (exact) mass is 460 g/mol. The molecule has 2 aromatic carbocycles. The summed E-state index contributed by atoms with van der Waals surface area (Å²) in [4.78, 5) is 9.96. The summed E-state index contributed by atoms with van der Waals surface area (Å²) in [5.74, 6) is 2.97. The van der Waals surface area contributed by atoms with Crippen molar-refractivity contribution in [1.29, 1.82) is 0 Å². The van der Waals surface area contributed by atoms with Crippen LogP contribution in [0.15, 0.2) is 34.3 Å². The van der Waals surface area contributed by atoms with Gasteiger partial charge in [0.2, 0.25) is 13.6 Å². The summed E-state index contributed by atoms with van der Waals surface area (Å²) in [6.07, 6.45) is 16.3. The lowest BCUT2D eigenvalue weighted by Gasteiger charge is -2.19. The Labute approximate surface area is 201 Å². The molecule has 2 heterocycles. The van der Waals surface area contributed by atoms with Crippen molar-refractivity contribution in [3.63, 3.8) is 0 Å². The van der Waals surface area contributed by atoms with Crippen LogP contribution in [0.4, 0.5) is 0 Å². The van der Waals surface area contributed by atoms with Gasteiger partial charge in [-0.25, -0.2) is 0 Å². The van der Waals surface area contributed by atoms with E-state index in [0.717, 1.165) is 70.9 Å². The average Bonchev–Trinajstić information content (AvgIpc) is 3.57. The first kappa shape index (κ1) is 21.5. The highest BCUT2D eigenvalue weighted by atomic mass is 16.7. The first-order chi connectivity index (χ1) is 16.9. The SMILES string of the molecule is C(=NC1CCCCC1)c1ccc2c(c1-c1c(C=NC3CCCCC3)ccc3c1OCO3)OCO2. The Balaban J connectivity index is 1.45. The molecule has 2 aliphatic heterocycles. The lowest BCUT2D eigenvalue weighted by Crippen LogP contribution is -2.10. The van der Waals surface area contributed by atoms with Crippen molar-refractivity contribution < 1.29 is 18.9 Å². The molecular formula is C28H32N2O4. The van der Waals surface area contributed by atoms with E-state index in [9.17, 15) is 0 Å². The fourth-order valence-electron chi connectivity index (χ4n) is 5.54. The molecule has 0 saturated heterocycles. The fraction of sp³-hybridized carbons (Fsp3) is 0.500. The minimum absolute atomic E-state index is 0.212. The van der Waals surface area contributed by atoms with Crippen LogP contribution in [0.3, 0.4) is 0 Å². The molecule has 6 nitrogen and oxygen atoms in total. The van der Waals surface area contributed by atoms with Crippen LogP contribution in [0, 0.1) is 0 Å². The van der Waals surface area contributed by atoms with Gasteiger partial charge in [0.15, 0.2) is 23.0 Å². The smallest absolute Gasteiger partial charge is 0.231 e. The predicted molar refractivity (Wildman–Crippen MR) is 133 cm³/mol. The summed E-state index contributed by atoms with van der Waals surface area (Å²) in [5.41, 5.74) is 3.90. The summed E-state index contributed by atoms with van der Waals surface area (Å²) in [6, 6.07) is 8.88. The number of nitrogens with zero attached hydrogens (tertiary/aromatic N) is 2. The second kappa shape index (κ2) is 9.69. The van der Waals surface area contributed by atoms with Crippen molar-refractivity contribution in [2.45, 2.75) is 76.3 Å². The molecule has 34 heavy (non-hydrogen) atoms. The van der Waals surface area contributed by atoms with Gasteiger partial charge in [0.1, 0.15) is 0 Å². The van der Waals surface area contributed by atoms with Crippen molar-refractivity contribution >= 4 is 12.4 Å². The van der Waals surface area contributed by atoms with E-state index in [1.165, 1.54) is 38.5 Å². The van der Waals surface area contributed by atoms with Gasteiger partial charge in [-0.1, -0.05) is 38.5 Å². The van der Waals surface area contributed by atoms with Crippen molar-refractivity contribution in [3.8, 4) is 34.1 Å². The number of ether oxygens (including phenoxy) is 4. The maximum atomic E-state index is 6.00. The first-order valence-corrected chi connectivity index (χ1v) is 12.8. The topological polar surface area (TPSA) is 61.6 Å². The standard InChI is InChI=1S/C28H32N2O4/c1-3-7-21(8-4-1)29-15-19-11-13-23-27(33-17-31-23)25(19)26-20(12-14-24-28(26)34-18-32-24)16-30-22-9-5-2-6-10-22/h11-16,21-22H,1-10,17-18H2. The average molecular weight is 461 g/mol. The number of hydrogen-bond acceptors (Lipinski definition) is 6. The Kier molecular flexibility index (Phi) is 6.13. The lowest BCUT2D eigenvalue weighted by atomic mass is 9.92. The van der Waals surface area contributed by atoms with Crippen LogP contribution >= 0.6 is 0 Å². The van der Waals surface area contributed by atoms with E-state index in [2.05, 4.69) is 12.1 Å². The normalized spacial score (nSPS) is 20.6. The molecule has 0 atom stereocenters. The van der Waals surface area contributed by atoms with Gasteiger partial charge in [0.05, 0.1) is 0 Å². The highest BCUT2D eigenvalue weighted by molar-refractivity contribution is 6.03. The Morgan fingerprint density at radius 2 is 1.00 bits per heavy atom. The summed E-state index contributed by atoms with van der Waals surface area (Å²) >= 11 is 0. The van der Waals surface area contributed by atoms with Crippen LogP contribution in [0.1, 0.15) is 75.3 Å². The second-order valence-corrected chi connectivity index (χ2v) is 9.67. The molecule has 0 bridgehead atoms. The summed E-state index contributed by atoms with van der Waals surface area (Å²) in [7, 11) is 0. The van der Waals surface area contributed by atoms with Gasteiger partial charge in [0.25, 0.3) is 0 Å². The molecule has 4 aliphatic rings. The molecule has 6 rings (SSSR count). The summed E-state index contributed by atoms with van der Waals surface area (Å²) in [5, 5.41) is 0. The van der Waals surface area contributed by atoms with Gasteiger partial charge < -0.3 is 18.9 Å². The molecule has 0 amide bonds. The number of rotatable bonds is 5. The van der Waals surface area contributed by atoms with E-state index >= 15 is 0 Å². The van der Waals surface area contributed by atoms with Crippen LogP contribution in [-0.2, 0) is 0 Å². The zero-order valence-corrected chi connectivity index (χ0v) is 19.6. The van der Waals surface area contributed by atoms with Gasteiger partial charge in [-0.05, 0) is 49.9 Å². The zero-order valence-electron chi connectivity index (χ0n) is 19.6. The van der Waals surface area contributed by atoms with E-state index in [0.29, 0.717) is 12.1 Å². The zero-order chi connectivity index (χ0) is 22.7. The van der Waals surface area contributed by atoms with E-state index in [-0.39, 0.29) is 13.6 Å². The maximum absolute atomic E-state index is 6.00. The minimum atomic E-state index is 0.212. The predicted octanol–water partition coefficient (Wildman–Crippen LogP) is 6.31. The van der Waals surface area contributed by atoms with E-state index in [4.69, 9.17) is 28.9 Å². The Hall–Kier alpha value is -3.02. The van der Waals surface area contributed by atoms with Crippen molar-refractivity contribution in [3.05, 3.63) is 35.4 Å². The minimum Gasteiger partial charge on any atom is -0.454 e.